The highest BCUT2D eigenvalue weighted by atomic mass is 16.5. The average Bonchev–Trinajstić information content (AvgIpc) is 2.93. The van der Waals surface area contributed by atoms with E-state index in [1.54, 1.807) is 12.1 Å². The van der Waals surface area contributed by atoms with E-state index in [0.29, 0.717) is 18.0 Å². The molecule has 0 aliphatic carbocycles. The molecule has 0 saturated heterocycles. The van der Waals surface area contributed by atoms with Crippen molar-refractivity contribution in [1.29, 1.82) is 0 Å². The molecule has 0 atom stereocenters. The Labute approximate surface area is 112 Å². The molecule has 100 valence electrons. The highest BCUT2D eigenvalue weighted by Crippen LogP contribution is 2.26. The second-order valence-corrected chi connectivity index (χ2v) is 4.28. The van der Waals surface area contributed by atoms with Crippen molar-refractivity contribution in [3.8, 4) is 5.75 Å². The highest BCUT2D eigenvalue weighted by molar-refractivity contribution is 6.03. The Morgan fingerprint density at radius 2 is 2.21 bits per heavy atom. The minimum Gasteiger partial charge on any atom is -0.491 e. The van der Waals surface area contributed by atoms with Crippen LogP contribution in [-0.2, 0) is 0 Å². The van der Waals surface area contributed by atoms with Gasteiger partial charge in [-0.25, -0.2) is 0 Å². The lowest BCUT2D eigenvalue weighted by Crippen LogP contribution is -2.12. The summed E-state index contributed by atoms with van der Waals surface area (Å²) in [6.07, 6.45) is 2.39. The third kappa shape index (κ3) is 3.37. The molecule has 1 aromatic heterocycles. The molecule has 19 heavy (non-hydrogen) atoms. The van der Waals surface area contributed by atoms with E-state index in [9.17, 15) is 4.79 Å². The number of furan rings is 1. The molecule has 1 aromatic carbocycles. The van der Waals surface area contributed by atoms with Crippen LogP contribution in [0.15, 0.2) is 41.0 Å². The van der Waals surface area contributed by atoms with Crippen LogP contribution in [0.2, 0.25) is 0 Å². The van der Waals surface area contributed by atoms with Crippen molar-refractivity contribution in [3.63, 3.8) is 0 Å². The molecular formula is C15H17NO3. The maximum Gasteiger partial charge on any atom is 0.291 e. The lowest BCUT2D eigenvalue weighted by Gasteiger charge is -2.12. The summed E-state index contributed by atoms with van der Waals surface area (Å²) in [4.78, 5) is 11.9. The first-order chi connectivity index (χ1) is 9.20. The molecule has 4 heteroatoms. The fourth-order valence-electron chi connectivity index (χ4n) is 1.66. The van der Waals surface area contributed by atoms with Crippen molar-refractivity contribution in [2.24, 2.45) is 0 Å². The Hall–Kier alpha value is -2.23. The second kappa shape index (κ2) is 6.09. The molecule has 0 fully saturated rings. The number of anilines is 1. The van der Waals surface area contributed by atoms with Crippen molar-refractivity contribution in [3.05, 3.63) is 47.9 Å². The van der Waals surface area contributed by atoms with Gasteiger partial charge in [-0.1, -0.05) is 13.0 Å². The van der Waals surface area contributed by atoms with Gasteiger partial charge in [0, 0.05) is 0 Å². The number of amides is 1. The maximum atomic E-state index is 11.9. The van der Waals surface area contributed by atoms with Crippen LogP contribution in [0.5, 0.6) is 5.75 Å². The Kier molecular flexibility index (Phi) is 4.23. The predicted molar refractivity (Wildman–Crippen MR) is 73.6 cm³/mol. The van der Waals surface area contributed by atoms with Crippen molar-refractivity contribution in [1.82, 2.24) is 0 Å². The minimum atomic E-state index is -0.282. The number of carbonyl (C=O) groups is 1. The van der Waals surface area contributed by atoms with Gasteiger partial charge >= 0.3 is 0 Å². The van der Waals surface area contributed by atoms with Gasteiger partial charge in [-0.05, 0) is 43.2 Å². The smallest absolute Gasteiger partial charge is 0.291 e. The van der Waals surface area contributed by atoms with E-state index in [1.807, 2.05) is 32.0 Å². The zero-order valence-electron chi connectivity index (χ0n) is 11.1. The molecule has 0 radical (unpaired) electrons. The van der Waals surface area contributed by atoms with Crippen LogP contribution in [0.4, 0.5) is 5.69 Å². The number of benzene rings is 1. The molecule has 1 heterocycles. The van der Waals surface area contributed by atoms with Crippen LogP contribution < -0.4 is 10.1 Å². The minimum absolute atomic E-state index is 0.280. The van der Waals surface area contributed by atoms with Crippen LogP contribution in [0, 0.1) is 6.92 Å². The first-order valence-corrected chi connectivity index (χ1v) is 6.29. The van der Waals surface area contributed by atoms with Gasteiger partial charge in [-0.15, -0.1) is 0 Å². The van der Waals surface area contributed by atoms with E-state index in [1.165, 1.54) is 6.26 Å². The quantitative estimate of drug-likeness (QED) is 0.892. The number of nitrogens with one attached hydrogen (secondary N) is 1. The van der Waals surface area contributed by atoms with E-state index < -0.39 is 0 Å². The van der Waals surface area contributed by atoms with Crippen LogP contribution in [0.25, 0.3) is 0 Å². The number of ether oxygens (including phenoxy) is 1. The van der Waals surface area contributed by atoms with Gasteiger partial charge in [0.1, 0.15) is 5.75 Å². The topological polar surface area (TPSA) is 51.5 Å². The van der Waals surface area contributed by atoms with Crippen LogP contribution in [0.1, 0.15) is 29.5 Å². The maximum absolute atomic E-state index is 11.9. The molecule has 4 nitrogen and oxygen atoms in total. The van der Waals surface area contributed by atoms with E-state index in [2.05, 4.69) is 5.32 Å². The first kappa shape index (κ1) is 13.2. The third-order valence-corrected chi connectivity index (χ3v) is 2.59. The molecule has 0 saturated carbocycles. The summed E-state index contributed by atoms with van der Waals surface area (Å²) in [7, 11) is 0. The van der Waals surface area contributed by atoms with Crippen molar-refractivity contribution in [2.75, 3.05) is 11.9 Å². The van der Waals surface area contributed by atoms with Crippen LogP contribution in [-0.4, -0.2) is 12.5 Å². The summed E-state index contributed by atoms with van der Waals surface area (Å²) < 4.78 is 10.7. The van der Waals surface area contributed by atoms with Crippen molar-refractivity contribution < 1.29 is 13.9 Å². The van der Waals surface area contributed by atoms with E-state index in [4.69, 9.17) is 9.15 Å². The lowest BCUT2D eigenvalue weighted by atomic mass is 10.2. The Morgan fingerprint density at radius 3 is 2.89 bits per heavy atom. The van der Waals surface area contributed by atoms with Gasteiger partial charge in [0.25, 0.3) is 5.91 Å². The molecular weight excluding hydrogens is 242 g/mol. The molecule has 0 aliphatic rings. The van der Waals surface area contributed by atoms with Crippen LogP contribution in [0.3, 0.4) is 0 Å². The van der Waals surface area contributed by atoms with Gasteiger partial charge in [0.15, 0.2) is 5.76 Å². The highest BCUT2D eigenvalue weighted by Gasteiger charge is 2.12. The summed E-state index contributed by atoms with van der Waals surface area (Å²) >= 11 is 0. The summed E-state index contributed by atoms with van der Waals surface area (Å²) in [5, 5.41) is 2.79. The molecule has 2 rings (SSSR count). The normalized spacial score (nSPS) is 10.2. The van der Waals surface area contributed by atoms with Gasteiger partial charge in [0.05, 0.1) is 18.6 Å². The molecule has 0 unspecified atom stereocenters. The Bertz CT molecular complexity index is 547. The molecule has 1 amide bonds. The first-order valence-electron chi connectivity index (χ1n) is 6.29. The fraction of sp³-hybridized carbons (Fsp3) is 0.267. The van der Waals surface area contributed by atoms with E-state index in [0.717, 1.165) is 12.0 Å². The Morgan fingerprint density at radius 1 is 1.37 bits per heavy atom. The SMILES string of the molecule is CCCOc1cc(C)ccc1NC(=O)c1ccco1. The number of hydrogen-bond acceptors (Lipinski definition) is 3. The van der Waals surface area contributed by atoms with Crippen LogP contribution >= 0.6 is 0 Å². The summed E-state index contributed by atoms with van der Waals surface area (Å²) in [5.74, 6) is 0.680. The molecule has 0 bridgehead atoms. The summed E-state index contributed by atoms with van der Waals surface area (Å²) in [6, 6.07) is 8.97. The van der Waals surface area contributed by atoms with Gasteiger partial charge < -0.3 is 14.5 Å². The largest absolute Gasteiger partial charge is 0.491 e. The second-order valence-electron chi connectivity index (χ2n) is 4.28. The van der Waals surface area contributed by atoms with E-state index >= 15 is 0 Å². The summed E-state index contributed by atoms with van der Waals surface area (Å²) in [5.41, 5.74) is 1.74. The van der Waals surface area contributed by atoms with Crippen molar-refractivity contribution >= 4 is 11.6 Å². The number of carbonyl (C=O) groups excluding carboxylic acids is 1. The van der Waals surface area contributed by atoms with E-state index in [-0.39, 0.29) is 11.7 Å². The molecule has 0 spiro atoms. The third-order valence-electron chi connectivity index (χ3n) is 2.59. The Balaban J connectivity index is 2.17. The number of hydrogen-bond donors (Lipinski definition) is 1. The lowest BCUT2D eigenvalue weighted by molar-refractivity contribution is 0.0996. The fourth-order valence-corrected chi connectivity index (χ4v) is 1.66. The molecule has 0 aliphatic heterocycles. The van der Waals surface area contributed by atoms with Crippen molar-refractivity contribution in [2.45, 2.75) is 20.3 Å². The average molecular weight is 259 g/mol. The standard InChI is InChI=1S/C15H17NO3/c1-3-8-18-14-10-11(2)6-7-12(14)16-15(17)13-5-4-9-19-13/h4-7,9-10H,3,8H2,1-2H3,(H,16,17). The van der Waals surface area contributed by atoms with Gasteiger partial charge in [0.2, 0.25) is 0 Å². The van der Waals surface area contributed by atoms with Gasteiger partial charge in [-0.2, -0.15) is 0 Å². The van der Waals surface area contributed by atoms with Gasteiger partial charge in [-0.3, -0.25) is 4.79 Å². The zero-order valence-corrected chi connectivity index (χ0v) is 11.1. The number of rotatable bonds is 5. The molecule has 1 N–H and O–H groups in total. The summed E-state index contributed by atoms with van der Waals surface area (Å²) in [6.45, 7) is 4.64. The molecule has 2 aromatic rings. The number of aryl methyl sites for hydroxylation is 1. The zero-order chi connectivity index (χ0) is 13.7. The predicted octanol–water partition coefficient (Wildman–Crippen LogP) is 3.63. The monoisotopic (exact) mass is 259 g/mol.